The van der Waals surface area contributed by atoms with Crippen LogP contribution in [-0.4, -0.2) is 33.1 Å². The fourth-order valence-electron chi connectivity index (χ4n) is 2.24. The second-order valence-electron chi connectivity index (χ2n) is 5.52. The van der Waals surface area contributed by atoms with Crippen LogP contribution in [0.3, 0.4) is 0 Å². The Morgan fingerprint density at radius 3 is 2.63 bits per heavy atom. The van der Waals surface area contributed by atoms with E-state index in [1.807, 2.05) is 0 Å². The number of rotatable bonds is 7. The molecular weight excluding hydrogens is 424 g/mol. The minimum absolute atomic E-state index is 0. The molecule has 3 aromatic rings. The molecule has 0 aliphatic heterocycles. The first kappa shape index (κ1) is 23.5. The number of carbonyl (C=O) groups is 2. The SMILES string of the molecule is CSc1ncc(C(=O)[O-])c(Nc2ccc(Oc3ccnc(C(N)=O)c3)c(F)c2)n1.[Na+]. The van der Waals surface area contributed by atoms with Crippen molar-refractivity contribution in [2.24, 2.45) is 5.73 Å². The van der Waals surface area contributed by atoms with Crippen LogP contribution in [0.1, 0.15) is 20.8 Å². The molecule has 0 bridgehead atoms. The average Bonchev–Trinajstić information content (AvgIpc) is 2.70. The van der Waals surface area contributed by atoms with Gasteiger partial charge in [0.15, 0.2) is 16.7 Å². The fourth-order valence-corrected chi connectivity index (χ4v) is 2.58. The number of aromatic carboxylic acids is 1. The van der Waals surface area contributed by atoms with Gasteiger partial charge in [-0.1, -0.05) is 11.8 Å². The smallest absolute Gasteiger partial charge is 0.545 e. The van der Waals surface area contributed by atoms with Gasteiger partial charge in [0.1, 0.15) is 17.3 Å². The van der Waals surface area contributed by atoms with Gasteiger partial charge in [0.25, 0.3) is 5.91 Å². The minimum atomic E-state index is -1.47. The molecule has 0 aliphatic rings. The van der Waals surface area contributed by atoms with Crippen molar-refractivity contribution in [1.82, 2.24) is 15.0 Å². The van der Waals surface area contributed by atoms with Crippen molar-refractivity contribution in [3.63, 3.8) is 0 Å². The summed E-state index contributed by atoms with van der Waals surface area (Å²) in [6, 6.07) is 6.62. The second-order valence-corrected chi connectivity index (χ2v) is 6.29. The molecule has 148 valence electrons. The van der Waals surface area contributed by atoms with Gasteiger partial charge in [0, 0.05) is 30.2 Å². The predicted octanol–water partition coefficient (Wildman–Crippen LogP) is -1.27. The summed E-state index contributed by atoms with van der Waals surface area (Å²) in [4.78, 5) is 34.1. The summed E-state index contributed by atoms with van der Waals surface area (Å²) in [6.45, 7) is 0. The molecular formula is C18H13FN5NaO4S. The number of amides is 1. The van der Waals surface area contributed by atoms with Crippen molar-refractivity contribution in [3.05, 3.63) is 59.8 Å². The number of carbonyl (C=O) groups excluding carboxylic acids is 2. The van der Waals surface area contributed by atoms with E-state index in [1.165, 1.54) is 42.2 Å². The topological polar surface area (TPSA) is 143 Å². The van der Waals surface area contributed by atoms with E-state index in [9.17, 15) is 19.1 Å². The van der Waals surface area contributed by atoms with Crippen LogP contribution in [-0.2, 0) is 0 Å². The number of halogens is 1. The van der Waals surface area contributed by atoms with E-state index in [2.05, 4.69) is 20.3 Å². The summed E-state index contributed by atoms with van der Waals surface area (Å²) in [5.41, 5.74) is 5.10. The van der Waals surface area contributed by atoms with Crippen molar-refractivity contribution < 1.29 is 53.4 Å². The number of anilines is 2. The Hall–Kier alpha value is -2.73. The maximum Gasteiger partial charge on any atom is 1.00 e. The first-order chi connectivity index (χ1) is 13.9. The number of primary amides is 1. The Bertz CT molecular complexity index is 1100. The number of hydrogen-bond donors (Lipinski definition) is 2. The molecule has 1 amide bonds. The van der Waals surface area contributed by atoms with E-state index >= 15 is 0 Å². The number of thioether (sulfide) groups is 1. The Balaban J connectivity index is 0.00000320. The molecule has 12 heteroatoms. The molecule has 2 heterocycles. The average molecular weight is 437 g/mol. The zero-order valence-electron chi connectivity index (χ0n) is 15.9. The van der Waals surface area contributed by atoms with Gasteiger partial charge in [-0.3, -0.25) is 9.78 Å². The summed E-state index contributed by atoms with van der Waals surface area (Å²) in [7, 11) is 0. The van der Waals surface area contributed by atoms with Crippen LogP contribution in [0.15, 0.2) is 47.9 Å². The molecule has 0 saturated carbocycles. The molecule has 0 radical (unpaired) electrons. The maximum absolute atomic E-state index is 14.5. The fraction of sp³-hybridized carbons (Fsp3) is 0.0556. The van der Waals surface area contributed by atoms with Gasteiger partial charge >= 0.3 is 29.6 Å². The summed E-state index contributed by atoms with van der Waals surface area (Å²) >= 11 is 1.22. The van der Waals surface area contributed by atoms with Crippen LogP contribution in [0, 0.1) is 5.82 Å². The van der Waals surface area contributed by atoms with Crippen LogP contribution in [0.2, 0.25) is 0 Å². The Labute approximate surface area is 196 Å². The van der Waals surface area contributed by atoms with Gasteiger partial charge in [-0.2, -0.15) is 0 Å². The van der Waals surface area contributed by atoms with Crippen LogP contribution in [0.4, 0.5) is 15.9 Å². The van der Waals surface area contributed by atoms with Gasteiger partial charge in [-0.15, -0.1) is 0 Å². The van der Waals surface area contributed by atoms with Crippen molar-refractivity contribution in [1.29, 1.82) is 0 Å². The predicted molar refractivity (Wildman–Crippen MR) is 101 cm³/mol. The van der Waals surface area contributed by atoms with Crippen molar-refractivity contribution in [2.45, 2.75) is 5.16 Å². The molecule has 9 nitrogen and oxygen atoms in total. The van der Waals surface area contributed by atoms with Crippen molar-refractivity contribution in [2.75, 3.05) is 11.6 Å². The third-order valence-electron chi connectivity index (χ3n) is 3.58. The maximum atomic E-state index is 14.5. The van der Waals surface area contributed by atoms with E-state index in [0.717, 1.165) is 12.3 Å². The van der Waals surface area contributed by atoms with Crippen LogP contribution in [0.25, 0.3) is 0 Å². The summed E-state index contributed by atoms with van der Waals surface area (Å²) in [6.07, 6.45) is 4.15. The normalized spacial score (nSPS) is 10.1. The number of ether oxygens (including phenoxy) is 1. The molecule has 0 fully saturated rings. The Morgan fingerprint density at radius 1 is 1.23 bits per heavy atom. The monoisotopic (exact) mass is 437 g/mol. The Morgan fingerprint density at radius 2 is 2.00 bits per heavy atom. The van der Waals surface area contributed by atoms with Gasteiger partial charge in [-0.25, -0.2) is 14.4 Å². The molecule has 0 aliphatic carbocycles. The largest absolute Gasteiger partial charge is 1.00 e. The van der Waals surface area contributed by atoms with Crippen LogP contribution < -0.4 is 50.5 Å². The van der Waals surface area contributed by atoms with Gasteiger partial charge in [-0.05, 0) is 24.5 Å². The molecule has 0 spiro atoms. The number of carboxylic acid groups (broad SMARTS) is 1. The number of pyridine rings is 1. The second kappa shape index (κ2) is 10.3. The van der Waals surface area contributed by atoms with E-state index in [0.29, 0.717) is 5.16 Å². The van der Waals surface area contributed by atoms with E-state index in [1.54, 1.807) is 6.26 Å². The van der Waals surface area contributed by atoms with E-state index in [4.69, 9.17) is 10.5 Å². The Kier molecular flexibility index (Phi) is 8.12. The first-order valence-corrected chi connectivity index (χ1v) is 9.22. The first-order valence-electron chi connectivity index (χ1n) is 8.00. The number of nitrogens with zero attached hydrogens (tertiary/aromatic N) is 3. The third kappa shape index (κ3) is 5.66. The number of nitrogens with one attached hydrogen (secondary N) is 1. The third-order valence-corrected chi connectivity index (χ3v) is 4.14. The number of nitrogens with two attached hydrogens (primary N) is 1. The zero-order valence-corrected chi connectivity index (χ0v) is 18.7. The minimum Gasteiger partial charge on any atom is -0.545 e. The standard InChI is InChI=1S/C18H14FN5O4S.Na/c1-29-18-22-8-11(17(26)27)16(24-18)23-9-2-3-14(12(19)6-9)28-10-4-5-21-13(7-10)15(20)25;/h2-8H,1H3,(H2,20,25)(H,26,27)(H,22,23,24);/q;+1/p-1. The van der Waals surface area contributed by atoms with Gasteiger partial charge in [0.2, 0.25) is 0 Å². The molecule has 0 atom stereocenters. The number of aromatic nitrogens is 3. The quantitative estimate of drug-likeness (QED) is 0.263. The summed E-state index contributed by atoms with van der Waals surface area (Å²) < 4.78 is 19.9. The molecule has 3 N–H and O–H groups in total. The molecule has 3 rings (SSSR count). The summed E-state index contributed by atoms with van der Waals surface area (Å²) in [5.74, 6) is -2.92. The number of benzene rings is 1. The van der Waals surface area contributed by atoms with Crippen molar-refractivity contribution >= 4 is 35.1 Å². The van der Waals surface area contributed by atoms with E-state index < -0.39 is 17.7 Å². The summed E-state index contributed by atoms with van der Waals surface area (Å²) in [5, 5.41) is 14.3. The van der Waals surface area contributed by atoms with Gasteiger partial charge in [0.05, 0.1) is 11.5 Å². The van der Waals surface area contributed by atoms with Crippen LogP contribution in [0.5, 0.6) is 11.5 Å². The molecule has 1 aromatic carbocycles. The zero-order chi connectivity index (χ0) is 21.0. The molecule has 0 unspecified atom stereocenters. The molecule has 30 heavy (non-hydrogen) atoms. The van der Waals surface area contributed by atoms with E-state index in [-0.39, 0.29) is 63.8 Å². The molecule has 2 aromatic heterocycles. The van der Waals surface area contributed by atoms with Crippen molar-refractivity contribution in [3.8, 4) is 11.5 Å². The van der Waals surface area contributed by atoms with Crippen LogP contribution >= 0.6 is 11.8 Å². The number of carboxylic acids is 1. The number of hydrogen-bond acceptors (Lipinski definition) is 9. The molecule has 0 saturated heterocycles. The van der Waals surface area contributed by atoms with Gasteiger partial charge < -0.3 is 25.7 Å².